The van der Waals surface area contributed by atoms with Crippen LogP contribution in [-0.4, -0.2) is 42.3 Å². The Morgan fingerprint density at radius 3 is 2.71 bits per heavy atom. The molecule has 0 spiro atoms. The zero-order valence-corrected chi connectivity index (χ0v) is 18.2. The monoisotopic (exact) mass is 439 g/mol. The average molecular weight is 440 g/mol. The Morgan fingerprint density at radius 1 is 1.26 bits per heavy atom. The SMILES string of the molecule is CCCC(=O)NC(c1ccc(N2CCOCC2)cc1)c1cc(Cl)c2cccnc2c1O. The van der Waals surface area contributed by atoms with Crippen molar-refractivity contribution in [2.24, 2.45) is 0 Å². The van der Waals surface area contributed by atoms with E-state index in [1.54, 1.807) is 18.3 Å². The van der Waals surface area contributed by atoms with Crippen LogP contribution in [0.25, 0.3) is 10.9 Å². The molecule has 0 bridgehead atoms. The van der Waals surface area contributed by atoms with E-state index in [0.29, 0.717) is 41.1 Å². The molecule has 3 aromatic rings. The molecule has 2 N–H and O–H groups in total. The number of hydrogen-bond donors (Lipinski definition) is 2. The third-order valence-electron chi connectivity index (χ3n) is 5.54. The lowest BCUT2D eigenvalue weighted by atomic mass is 9.95. The van der Waals surface area contributed by atoms with Crippen molar-refractivity contribution in [2.75, 3.05) is 31.2 Å². The summed E-state index contributed by atoms with van der Waals surface area (Å²) in [5, 5.41) is 15.2. The summed E-state index contributed by atoms with van der Waals surface area (Å²) >= 11 is 6.51. The van der Waals surface area contributed by atoms with Crippen LogP contribution < -0.4 is 10.2 Å². The number of aromatic hydroxyl groups is 1. The molecule has 6 nitrogen and oxygen atoms in total. The Hall–Kier alpha value is -2.83. The molecule has 7 heteroatoms. The largest absolute Gasteiger partial charge is 0.505 e. The van der Waals surface area contributed by atoms with Crippen molar-refractivity contribution in [1.82, 2.24) is 10.3 Å². The molecular formula is C24H26ClN3O3. The maximum absolute atomic E-state index is 12.5. The van der Waals surface area contributed by atoms with Gasteiger partial charge in [0.1, 0.15) is 11.3 Å². The lowest BCUT2D eigenvalue weighted by molar-refractivity contribution is -0.121. The maximum Gasteiger partial charge on any atom is 0.220 e. The number of amides is 1. The number of aromatic nitrogens is 1. The second-order valence-corrected chi connectivity index (χ2v) is 8.04. The summed E-state index contributed by atoms with van der Waals surface area (Å²) in [4.78, 5) is 19.1. The van der Waals surface area contributed by atoms with E-state index >= 15 is 0 Å². The minimum absolute atomic E-state index is 0.0269. The molecule has 2 aromatic carbocycles. The summed E-state index contributed by atoms with van der Waals surface area (Å²) < 4.78 is 5.43. The number of fused-ring (bicyclic) bond motifs is 1. The smallest absolute Gasteiger partial charge is 0.220 e. The molecule has 4 rings (SSSR count). The number of hydrogen-bond acceptors (Lipinski definition) is 5. The van der Waals surface area contributed by atoms with E-state index in [1.165, 1.54) is 0 Å². The molecule has 1 fully saturated rings. The summed E-state index contributed by atoms with van der Waals surface area (Å²) in [7, 11) is 0. The highest BCUT2D eigenvalue weighted by molar-refractivity contribution is 6.35. The second kappa shape index (κ2) is 9.54. The van der Waals surface area contributed by atoms with Crippen molar-refractivity contribution in [1.29, 1.82) is 0 Å². The molecule has 1 saturated heterocycles. The van der Waals surface area contributed by atoms with Crippen molar-refractivity contribution < 1.29 is 14.6 Å². The van der Waals surface area contributed by atoms with Gasteiger partial charge in [0, 0.05) is 42.3 Å². The fourth-order valence-corrected chi connectivity index (χ4v) is 4.20. The number of phenols is 1. The van der Waals surface area contributed by atoms with Gasteiger partial charge in [-0.15, -0.1) is 0 Å². The topological polar surface area (TPSA) is 74.7 Å². The highest BCUT2D eigenvalue weighted by Gasteiger charge is 2.23. The van der Waals surface area contributed by atoms with Crippen LogP contribution in [0.3, 0.4) is 0 Å². The number of carbonyl (C=O) groups is 1. The number of carbonyl (C=O) groups excluding carboxylic acids is 1. The van der Waals surface area contributed by atoms with Crippen LogP contribution in [0.1, 0.15) is 36.9 Å². The molecule has 1 aromatic heterocycles. The number of ether oxygens (including phenoxy) is 1. The van der Waals surface area contributed by atoms with E-state index in [0.717, 1.165) is 30.8 Å². The van der Waals surface area contributed by atoms with Gasteiger partial charge in [-0.05, 0) is 42.3 Å². The third-order valence-corrected chi connectivity index (χ3v) is 5.85. The van der Waals surface area contributed by atoms with Gasteiger partial charge in [0.15, 0.2) is 0 Å². The summed E-state index contributed by atoms with van der Waals surface area (Å²) in [5.74, 6) is -0.0551. The normalized spacial score (nSPS) is 15.1. The second-order valence-electron chi connectivity index (χ2n) is 7.64. The molecule has 1 atom stereocenters. The van der Waals surface area contributed by atoms with Gasteiger partial charge in [0.2, 0.25) is 5.91 Å². The van der Waals surface area contributed by atoms with Crippen LogP contribution in [0.2, 0.25) is 5.02 Å². The maximum atomic E-state index is 12.5. The molecular weight excluding hydrogens is 414 g/mol. The number of rotatable bonds is 6. The lowest BCUT2D eigenvalue weighted by Gasteiger charge is -2.29. The average Bonchev–Trinajstić information content (AvgIpc) is 2.81. The van der Waals surface area contributed by atoms with Crippen LogP contribution in [0, 0.1) is 0 Å². The summed E-state index contributed by atoms with van der Waals surface area (Å²) in [5.41, 5.74) is 2.92. The number of nitrogens with zero attached hydrogens (tertiary/aromatic N) is 2. The van der Waals surface area contributed by atoms with Crippen molar-refractivity contribution in [3.05, 3.63) is 64.8 Å². The highest BCUT2D eigenvalue weighted by atomic mass is 35.5. The van der Waals surface area contributed by atoms with Gasteiger partial charge < -0.3 is 20.1 Å². The predicted molar refractivity (Wildman–Crippen MR) is 123 cm³/mol. The van der Waals surface area contributed by atoms with Gasteiger partial charge in [0.25, 0.3) is 0 Å². The molecule has 0 aliphatic carbocycles. The Kier molecular flexibility index (Phi) is 6.59. The molecule has 0 radical (unpaired) electrons. The summed E-state index contributed by atoms with van der Waals surface area (Å²) in [6.45, 7) is 5.09. The Balaban J connectivity index is 1.74. The number of anilines is 1. The van der Waals surface area contributed by atoms with E-state index in [2.05, 4.69) is 15.2 Å². The zero-order valence-electron chi connectivity index (χ0n) is 17.5. The lowest BCUT2D eigenvalue weighted by Crippen LogP contribution is -2.36. The van der Waals surface area contributed by atoms with Gasteiger partial charge in [-0.2, -0.15) is 0 Å². The number of phenolic OH excluding ortho intramolecular Hbond substituents is 1. The van der Waals surface area contributed by atoms with Crippen molar-refractivity contribution in [2.45, 2.75) is 25.8 Å². The van der Waals surface area contributed by atoms with Crippen LogP contribution in [0.4, 0.5) is 5.69 Å². The van der Waals surface area contributed by atoms with E-state index in [9.17, 15) is 9.90 Å². The van der Waals surface area contributed by atoms with Crippen molar-refractivity contribution in [3.63, 3.8) is 0 Å². The third kappa shape index (κ3) is 4.60. The quantitative estimate of drug-likeness (QED) is 0.594. The van der Waals surface area contributed by atoms with Crippen LogP contribution in [0.15, 0.2) is 48.7 Å². The fourth-order valence-electron chi connectivity index (χ4n) is 3.93. The summed E-state index contributed by atoms with van der Waals surface area (Å²) in [6, 6.07) is 12.8. The van der Waals surface area contributed by atoms with Gasteiger partial charge in [-0.3, -0.25) is 9.78 Å². The predicted octanol–water partition coefficient (Wildman–Crippen LogP) is 4.44. The van der Waals surface area contributed by atoms with Gasteiger partial charge in [-0.25, -0.2) is 0 Å². The molecule has 1 aliphatic heterocycles. The minimum Gasteiger partial charge on any atom is -0.505 e. The first-order valence-corrected chi connectivity index (χ1v) is 10.9. The van der Waals surface area contributed by atoms with Gasteiger partial charge in [0.05, 0.1) is 24.3 Å². The van der Waals surface area contributed by atoms with Crippen LogP contribution >= 0.6 is 11.6 Å². The first kappa shape index (κ1) is 21.4. The molecule has 0 saturated carbocycles. The van der Waals surface area contributed by atoms with Crippen LogP contribution in [0.5, 0.6) is 5.75 Å². The molecule has 1 amide bonds. The fraction of sp³-hybridized carbons (Fsp3) is 0.333. The Morgan fingerprint density at radius 2 is 2.00 bits per heavy atom. The molecule has 2 heterocycles. The van der Waals surface area contributed by atoms with Crippen LogP contribution in [-0.2, 0) is 9.53 Å². The Bertz CT molecular complexity index is 1070. The highest BCUT2D eigenvalue weighted by Crippen LogP contribution is 2.38. The zero-order chi connectivity index (χ0) is 21.8. The Labute approximate surface area is 186 Å². The molecule has 1 aliphatic rings. The first-order valence-electron chi connectivity index (χ1n) is 10.6. The first-order chi connectivity index (χ1) is 15.1. The summed E-state index contributed by atoms with van der Waals surface area (Å²) in [6.07, 6.45) is 2.76. The van der Waals surface area contributed by atoms with E-state index < -0.39 is 6.04 Å². The van der Waals surface area contributed by atoms with E-state index in [1.807, 2.05) is 37.3 Å². The van der Waals surface area contributed by atoms with E-state index in [4.69, 9.17) is 16.3 Å². The number of halogens is 1. The van der Waals surface area contributed by atoms with E-state index in [-0.39, 0.29) is 11.7 Å². The van der Waals surface area contributed by atoms with Gasteiger partial charge in [-0.1, -0.05) is 30.7 Å². The number of pyridine rings is 1. The van der Waals surface area contributed by atoms with Gasteiger partial charge >= 0.3 is 0 Å². The molecule has 31 heavy (non-hydrogen) atoms. The molecule has 1 unspecified atom stereocenters. The van der Waals surface area contributed by atoms with Crippen molar-refractivity contribution >= 4 is 34.1 Å². The number of nitrogens with one attached hydrogen (secondary N) is 1. The number of morpholine rings is 1. The minimum atomic E-state index is -0.540. The number of benzene rings is 2. The molecule has 162 valence electrons. The van der Waals surface area contributed by atoms with Crippen molar-refractivity contribution in [3.8, 4) is 5.75 Å². The standard InChI is InChI=1S/C24H26ClN3O3/c1-2-4-21(29)27-22(16-6-8-17(9-7-16)28-11-13-31-14-12-28)19-15-20(25)18-5-3-10-26-23(18)24(19)30/h3,5-10,15,22,30H,2,4,11-14H2,1H3,(H,27,29).